The number of benzene rings is 1. The van der Waals surface area contributed by atoms with E-state index in [2.05, 4.69) is 5.32 Å². The molecule has 1 aromatic carbocycles. The van der Waals surface area contributed by atoms with Gasteiger partial charge in [0.15, 0.2) is 17.3 Å². The summed E-state index contributed by atoms with van der Waals surface area (Å²) in [5, 5.41) is 2.88. The number of carbonyl (C=O) groups excluding carboxylic acids is 1. The molecule has 1 amide bonds. The van der Waals surface area contributed by atoms with Gasteiger partial charge in [-0.3, -0.25) is 4.79 Å². The molecule has 0 unspecified atom stereocenters. The standard InChI is InChI=1S/C17H21NO4/c1-4-9-21-14-8-7-13(11-16(14)20-3)12(2)18-17(19)15-6-5-10-22-15/h5-8,10-12H,4,9H2,1-3H3,(H,18,19)/t12-/m0/s1. The van der Waals surface area contributed by atoms with Crippen LogP contribution in [0.1, 0.15) is 42.4 Å². The van der Waals surface area contributed by atoms with Crippen molar-refractivity contribution >= 4 is 5.91 Å². The third-order valence-electron chi connectivity index (χ3n) is 3.24. The van der Waals surface area contributed by atoms with Gasteiger partial charge in [-0.25, -0.2) is 0 Å². The van der Waals surface area contributed by atoms with Crippen LogP contribution in [0.4, 0.5) is 0 Å². The highest BCUT2D eigenvalue weighted by molar-refractivity contribution is 5.91. The molecule has 1 heterocycles. The van der Waals surface area contributed by atoms with Crippen molar-refractivity contribution in [3.05, 3.63) is 47.9 Å². The molecule has 0 saturated carbocycles. The predicted octanol–water partition coefficient (Wildman–Crippen LogP) is 3.57. The van der Waals surface area contributed by atoms with E-state index in [-0.39, 0.29) is 11.9 Å². The van der Waals surface area contributed by atoms with E-state index in [4.69, 9.17) is 13.9 Å². The topological polar surface area (TPSA) is 60.7 Å². The van der Waals surface area contributed by atoms with Gasteiger partial charge in [0.05, 0.1) is 26.0 Å². The SMILES string of the molecule is CCCOc1ccc([C@H](C)NC(=O)c2ccco2)cc1OC. The van der Waals surface area contributed by atoms with Crippen LogP contribution in [0.25, 0.3) is 0 Å². The van der Waals surface area contributed by atoms with Crippen molar-refractivity contribution in [2.45, 2.75) is 26.3 Å². The molecular formula is C17H21NO4. The second kappa shape index (κ2) is 7.54. The van der Waals surface area contributed by atoms with Crippen molar-refractivity contribution in [3.63, 3.8) is 0 Å². The summed E-state index contributed by atoms with van der Waals surface area (Å²) in [4.78, 5) is 12.0. The minimum absolute atomic E-state index is 0.174. The number of nitrogens with one attached hydrogen (secondary N) is 1. The Hall–Kier alpha value is -2.43. The summed E-state index contributed by atoms with van der Waals surface area (Å²) >= 11 is 0. The summed E-state index contributed by atoms with van der Waals surface area (Å²) in [6, 6.07) is 8.79. The Morgan fingerprint density at radius 3 is 2.77 bits per heavy atom. The lowest BCUT2D eigenvalue weighted by Crippen LogP contribution is -2.26. The maximum atomic E-state index is 12.0. The Kier molecular flexibility index (Phi) is 5.47. The Morgan fingerprint density at radius 1 is 1.32 bits per heavy atom. The summed E-state index contributed by atoms with van der Waals surface area (Å²) in [5.41, 5.74) is 0.931. The molecule has 1 aromatic heterocycles. The highest BCUT2D eigenvalue weighted by Crippen LogP contribution is 2.30. The minimum atomic E-state index is -0.247. The first-order valence-electron chi connectivity index (χ1n) is 7.30. The number of carbonyl (C=O) groups is 1. The lowest BCUT2D eigenvalue weighted by atomic mass is 10.1. The molecule has 1 atom stereocenters. The number of hydrogen-bond donors (Lipinski definition) is 1. The summed E-state index contributed by atoms with van der Waals surface area (Å²) in [6.07, 6.45) is 2.41. The van der Waals surface area contributed by atoms with Gasteiger partial charge in [0.2, 0.25) is 0 Å². The zero-order chi connectivity index (χ0) is 15.9. The number of furan rings is 1. The summed E-state index contributed by atoms with van der Waals surface area (Å²) in [5.74, 6) is 1.41. The van der Waals surface area contributed by atoms with Crippen LogP contribution in [-0.4, -0.2) is 19.6 Å². The fourth-order valence-corrected chi connectivity index (χ4v) is 2.04. The molecule has 0 aliphatic rings. The van der Waals surface area contributed by atoms with Crippen molar-refractivity contribution < 1.29 is 18.7 Å². The lowest BCUT2D eigenvalue weighted by Gasteiger charge is -2.16. The number of hydrogen-bond acceptors (Lipinski definition) is 4. The fraction of sp³-hybridized carbons (Fsp3) is 0.353. The molecular weight excluding hydrogens is 282 g/mol. The lowest BCUT2D eigenvalue weighted by molar-refractivity contribution is 0.0912. The maximum Gasteiger partial charge on any atom is 0.287 e. The van der Waals surface area contributed by atoms with Crippen LogP contribution in [-0.2, 0) is 0 Å². The van der Waals surface area contributed by atoms with Crippen LogP contribution in [0.5, 0.6) is 11.5 Å². The van der Waals surface area contributed by atoms with Crippen LogP contribution < -0.4 is 14.8 Å². The third kappa shape index (κ3) is 3.81. The van der Waals surface area contributed by atoms with E-state index >= 15 is 0 Å². The quantitative estimate of drug-likeness (QED) is 0.849. The van der Waals surface area contributed by atoms with Gasteiger partial charge in [-0.1, -0.05) is 13.0 Å². The van der Waals surface area contributed by atoms with Crippen molar-refractivity contribution in [2.24, 2.45) is 0 Å². The van der Waals surface area contributed by atoms with Crippen molar-refractivity contribution in [3.8, 4) is 11.5 Å². The van der Waals surface area contributed by atoms with E-state index < -0.39 is 0 Å². The molecule has 2 rings (SSSR count). The average Bonchev–Trinajstić information content (AvgIpc) is 3.07. The molecule has 22 heavy (non-hydrogen) atoms. The Labute approximate surface area is 130 Å². The normalized spacial score (nSPS) is 11.8. The number of rotatable bonds is 7. The van der Waals surface area contributed by atoms with E-state index in [1.807, 2.05) is 32.0 Å². The molecule has 5 heteroatoms. The monoisotopic (exact) mass is 303 g/mol. The number of amides is 1. The third-order valence-corrected chi connectivity index (χ3v) is 3.24. The van der Waals surface area contributed by atoms with E-state index in [0.29, 0.717) is 23.9 Å². The van der Waals surface area contributed by atoms with Gasteiger partial charge in [-0.2, -0.15) is 0 Å². The minimum Gasteiger partial charge on any atom is -0.493 e. The Bertz CT molecular complexity index is 607. The van der Waals surface area contributed by atoms with Crippen molar-refractivity contribution in [1.82, 2.24) is 5.32 Å². The van der Waals surface area contributed by atoms with Gasteiger partial charge in [-0.15, -0.1) is 0 Å². The van der Waals surface area contributed by atoms with E-state index in [1.165, 1.54) is 6.26 Å². The molecule has 0 radical (unpaired) electrons. The van der Waals surface area contributed by atoms with E-state index in [1.54, 1.807) is 19.2 Å². The van der Waals surface area contributed by atoms with Gasteiger partial charge in [0.25, 0.3) is 5.91 Å². The van der Waals surface area contributed by atoms with Gasteiger partial charge >= 0.3 is 0 Å². The predicted molar refractivity (Wildman–Crippen MR) is 83.4 cm³/mol. The van der Waals surface area contributed by atoms with Crippen LogP contribution in [0.15, 0.2) is 41.0 Å². The second-order valence-electron chi connectivity index (χ2n) is 4.93. The smallest absolute Gasteiger partial charge is 0.287 e. The summed E-state index contributed by atoms with van der Waals surface area (Å²) in [7, 11) is 1.60. The fourth-order valence-electron chi connectivity index (χ4n) is 2.04. The molecule has 0 aliphatic carbocycles. The molecule has 0 saturated heterocycles. The molecule has 0 fully saturated rings. The van der Waals surface area contributed by atoms with Gasteiger partial charge in [-0.05, 0) is 43.2 Å². The highest BCUT2D eigenvalue weighted by atomic mass is 16.5. The highest BCUT2D eigenvalue weighted by Gasteiger charge is 2.15. The Balaban J connectivity index is 2.09. The zero-order valence-electron chi connectivity index (χ0n) is 13.1. The van der Waals surface area contributed by atoms with Crippen molar-refractivity contribution in [1.29, 1.82) is 0 Å². The first-order chi connectivity index (χ1) is 10.7. The largest absolute Gasteiger partial charge is 0.493 e. The average molecular weight is 303 g/mol. The second-order valence-corrected chi connectivity index (χ2v) is 4.93. The first-order valence-corrected chi connectivity index (χ1v) is 7.30. The van der Waals surface area contributed by atoms with Crippen molar-refractivity contribution in [2.75, 3.05) is 13.7 Å². The van der Waals surface area contributed by atoms with Crippen LogP contribution >= 0.6 is 0 Å². The van der Waals surface area contributed by atoms with Crippen LogP contribution in [0, 0.1) is 0 Å². The maximum absolute atomic E-state index is 12.0. The van der Waals surface area contributed by atoms with E-state index in [9.17, 15) is 4.79 Å². The number of ether oxygens (including phenoxy) is 2. The molecule has 0 aliphatic heterocycles. The molecule has 118 valence electrons. The van der Waals surface area contributed by atoms with Gasteiger partial charge in [0.1, 0.15) is 0 Å². The van der Waals surface area contributed by atoms with Gasteiger partial charge < -0.3 is 19.2 Å². The molecule has 2 aromatic rings. The molecule has 0 spiro atoms. The first kappa shape index (κ1) is 15.9. The van der Waals surface area contributed by atoms with Crippen LogP contribution in [0.2, 0.25) is 0 Å². The van der Waals surface area contributed by atoms with E-state index in [0.717, 1.165) is 12.0 Å². The zero-order valence-corrected chi connectivity index (χ0v) is 13.1. The Morgan fingerprint density at radius 2 is 2.14 bits per heavy atom. The molecule has 5 nitrogen and oxygen atoms in total. The number of methoxy groups -OCH3 is 1. The molecule has 0 bridgehead atoms. The summed E-state index contributed by atoms with van der Waals surface area (Å²) in [6.45, 7) is 4.59. The van der Waals surface area contributed by atoms with Gasteiger partial charge in [0, 0.05) is 0 Å². The molecule has 1 N–H and O–H groups in total. The van der Waals surface area contributed by atoms with Crippen LogP contribution in [0.3, 0.4) is 0 Å². The summed E-state index contributed by atoms with van der Waals surface area (Å²) < 4.78 is 16.1.